The minimum absolute atomic E-state index is 0.185. The number of rotatable bonds is 4. The van der Waals surface area contributed by atoms with Crippen molar-refractivity contribution in [2.24, 2.45) is 0 Å². The van der Waals surface area contributed by atoms with Crippen LogP contribution < -0.4 is 10.3 Å². The van der Waals surface area contributed by atoms with E-state index in [0.717, 1.165) is 23.9 Å². The first-order valence-corrected chi connectivity index (χ1v) is 9.99. The lowest BCUT2D eigenvalue weighted by Crippen LogP contribution is -2.13. The van der Waals surface area contributed by atoms with Gasteiger partial charge in [-0.2, -0.15) is 0 Å². The summed E-state index contributed by atoms with van der Waals surface area (Å²) in [6.07, 6.45) is 0. The van der Waals surface area contributed by atoms with Crippen LogP contribution >= 0.6 is 11.6 Å². The second-order valence-corrected chi connectivity index (χ2v) is 8.11. The van der Waals surface area contributed by atoms with Crippen LogP contribution in [0.15, 0.2) is 76.4 Å². The van der Waals surface area contributed by atoms with Crippen molar-refractivity contribution < 1.29 is 12.8 Å². The molecule has 0 unspecified atom stereocenters. The maximum absolute atomic E-state index is 13.3. The molecule has 0 saturated carbocycles. The van der Waals surface area contributed by atoms with Gasteiger partial charge in [-0.05, 0) is 48.5 Å². The highest BCUT2D eigenvalue weighted by Gasteiger charge is 2.17. The molecule has 0 saturated heterocycles. The molecule has 0 aliphatic carbocycles. The molecule has 0 aliphatic rings. The minimum atomic E-state index is -4.00. The average molecular weight is 418 g/mol. The zero-order valence-electron chi connectivity index (χ0n) is 14.2. The molecule has 6 nitrogen and oxygen atoms in total. The smallest absolute Gasteiger partial charge is 0.272 e. The molecule has 0 atom stereocenters. The van der Waals surface area contributed by atoms with Crippen molar-refractivity contribution >= 4 is 38.2 Å². The minimum Gasteiger partial charge on any atom is -0.280 e. The number of fused-ring (bicyclic) bond motifs is 1. The van der Waals surface area contributed by atoms with Gasteiger partial charge in [-0.1, -0.05) is 29.8 Å². The Morgan fingerprint density at radius 3 is 2.46 bits per heavy atom. The van der Waals surface area contributed by atoms with Crippen molar-refractivity contribution in [2.75, 3.05) is 4.72 Å². The van der Waals surface area contributed by atoms with Crippen molar-refractivity contribution in [1.29, 1.82) is 0 Å². The molecular weight excluding hydrogens is 405 g/mol. The quantitative estimate of drug-likeness (QED) is 0.528. The lowest BCUT2D eigenvalue weighted by atomic mass is 10.2. The molecule has 4 aromatic rings. The van der Waals surface area contributed by atoms with E-state index in [1.807, 2.05) is 30.3 Å². The van der Waals surface area contributed by atoms with Gasteiger partial charge < -0.3 is 0 Å². The molecule has 9 heteroatoms. The second-order valence-electron chi connectivity index (χ2n) is 6.03. The Morgan fingerprint density at radius 1 is 1.00 bits per heavy atom. The van der Waals surface area contributed by atoms with E-state index < -0.39 is 15.8 Å². The number of aromatic nitrogens is 2. The normalized spacial score (nSPS) is 11.6. The Kier molecular flexibility index (Phi) is 4.44. The summed E-state index contributed by atoms with van der Waals surface area (Å²) in [6, 6.07) is 17.0. The molecule has 0 bridgehead atoms. The third-order valence-corrected chi connectivity index (χ3v) is 5.83. The topological polar surface area (TPSA) is 84.0 Å². The molecule has 1 heterocycles. The fraction of sp³-hybridized carbons (Fsp3) is 0. The van der Waals surface area contributed by atoms with Crippen molar-refractivity contribution in [1.82, 2.24) is 9.78 Å². The molecule has 2 N–H and O–H groups in total. The van der Waals surface area contributed by atoms with Crippen LogP contribution in [0.5, 0.6) is 0 Å². The molecule has 28 heavy (non-hydrogen) atoms. The number of nitrogens with zero attached hydrogens (tertiary/aromatic N) is 1. The standard InChI is InChI=1S/C19H13ClFN3O3S/c20-16-11-14(7-8-17(16)21)28(26,27)23-12-6-9-18-15(10-12)19(25)22-24(18)13-4-2-1-3-5-13/h1-11,23H,(H,22,25). The van der Waals surface area contributed by atoms with E-state index in [2.05, 4.69) is 9.82 Å². The zero-order chi connectivity index (χ0) is 19.9. The van der Waals surface area contributed by atoms with Gasteiger partial charge in [0, 0.05) is 5.69 Å². The van der Waals surface area contributed by atoms with Crippen LogP contribution in [0, 0.1) is 5.82 Å². The summed E-state index contributed by atoms with van der Waals surface area (Å²) < 4.78 is 42.3. The maximum atomic E-state index is 13.3. The molecule has 4 rings (SSSR count). The first-order chi connectivity index (χ1) is 13.3. The van der Waals surface area contributed by atoms with Gasteiger partial charge in [0.25, 0.3) is 15.6 Å². The fourth-order valence-electron chi connectivity index (χ4n) is 2.84. The summed E-state index contributed by atoms with van der Waals surface area (Å²) in [7, 11) is -4.00. The molecular formula is C19H13ClFN3O3S. The van der Waals surface area contributed by atoms with E-state index in [-0.39, 0.29) is 21.2 Å². The third kappa shape index (κ3) is 3.28. The fourth-order valence-corrected chi connectivity index (χ4v) is 4.16. The number of aromatic amines is 1. The number of sulfonamides is 1. The summed E-state index contributed by atoms with van der Waals surface area (Å²) in [5.74, 6) is -0.712. The summed E-state index contributed by atoms with van der Waals surface area (Å²) in [6.45, 7) is 0. The molecule has 0 amide bonds. The predicted molar refractivity (Wildman–Crippen MR) is 106 cm³/mol. The van der Waals surface area contributed by atoms with Gasteiger partial charge in [-0.3, -0.25) is 19.3 Å². The lowest BCUT2D eigenvalue weighted by Gasteiger charge is -2.09. The summed E-state index contributed by atoms with van der Waals surface area (Å²) in [5, 5.41) is 2.75. The molecule has 0 fully saturated rings. The van der Waals surface area contributed by atoms with Crippen LogP contribution in [-0.2, 0) is 10.0 Å². The first kappa shape index (κ1) is 18.3. The van der Waals surface area contributed by atoms with Crippen LogP contribution in [0.1, 0.15) is 0 Å². The molecule has 0 aliphatic heterocycles. The van der Waals surface area contributed by atoms with Crippen molar-refractivity contribution in [2.45, 2.75) is 4.90 Å². The van der Waals surface area contributed by atoms with Crippen molar-refractivity contribution in [3.63, 3.8) is 0 Å². The van der Waals surface area contributed by atoms with Crippen molar-refractivity contribution in [3.05, 3.63) is 87.9 Å². The number of para-hydroxylation sites is 1. The SMILES string of the molecule is O=c1[nH]n(-c2ccccc2)c2ccc(NS(=O)(=O)c3ccc(F)c(Cl)c3)cc12. The lowest BCUT2D eigenvalue weighted by molar-refractivity contribution is 0.599. The number of benzene rings is 3. The molecule has 0 radical (unpaired) electrons. The predicted octanol–water partition coefficient (Wildman–Crippen LogP) is 3.91. The summed E-state index contributed by atoms with van der Waals surface area (Å²) >= 11 is 5.67. The zero-order valence-corrected chi connectivity index (χ0v) is 15.8. The Hall–Kier alpha value is -3.10. The molecule has 3 aromatic carbocycles. The van der Waals surface area contributed by atoms with Crippen LogP contribution in [-0.4, -0.2) is 18.2 Å². The van der Waals surface area contributed by atoms with Crippen molar-refractivity contribution in [3.8, 4) is 5.69 Å². The van der Waals surface area contributed by atoms with Crippen LogP contribution in [0.2, 0.25) is 5.02 Å². The van der Waals surface area contributed by atoms with E-state index in [4.69, 9.17) is 11.6 Å². The monoisotopic (exact) mass is 417 g/mol. The van der Waals surface area contributed by atoms with Crippen LogP contribution in [0.3, 0.4) is 0 Å². The largest absolute Gasteiger partial charge is 0.280 e. The Morgan fingerprint density at radius 2 is 1.75 bits per heavy atom. The maximum Gasteiger partial charge on any atom is 0.272 e. The number of hydrogen-bond donors (Lipinski definition) is 2. The average Bonchev–Trinajstić information content (AvgIpc) is 3.00. The van der Waals surface area contributed by atoms with Crippen LogP contribution in [0.4, 0.5) is 10.1 Å². The highest BCUT2D eigenvalue weighted by molar-refractivity contribution is 7.92. The van der Waals surface area contributed by atoms with Gasteiger partial charge in [0.05, 0.1) is 26.5 Å². The second kappa shape index (κ2) is 6.81. The van der Waals surface area contributed by atoms with E-state index in [9.17, 15) is 17.6 Å². The Bertz CT molecular complexity index is 1350. The first-order valence-electron chi connectivity index (χ1n) is 8.13. The third-order valence-electron chi connectivity index (χ3n) is 4.16. The molecule has 0 spiro atoms. The number of hydrogen-bond acceptors (Lipinski definition) is 3. The highest BCUT2D eigenvalue weighted by Crippen LogP contribution is 2.24. The number of H-pyrrole nitrogens is 1. The number of anilines is 1. The van der Waals surface area contributed by atoms with Gasteiger partial charge in [0.1, 0.15) is 5.82 Å². The number of nitrogens with one attached hydrogen (secondary N) is 2. The Balaban J connectivity index is 1.73. The van der Waals surface area contributed by atoms with E-state index in [1.165, 1.54) is 12.1 Å². The van der Waals surface area contributed by atoms with Crippen LogP contribution in [0.25, 0.3) is 16.6 Å². The highest BCUT2D eigenvalue weighted by atomic mass is 35.5. The van der Waals surface area contributed by atoms with Gasteiger partial charge in [-0.25, -0.2) is 12.8 Å². The summed E-state index contributed by atoms with van der Waals surface area (Å²) in [5.41, 5.74) is 1.21. The van der Waals surface area contributed by atoms with E-state index in [1.54, 1.807) is 10.7 Å². The molecule has 142 valence electrons. The van der Waals surface area contributed by atoms with Gasteiger partial charge in [0.2, 0.25) is 0 Å². The van der Waals surface area contributed by atoms with E-state index >= 15 is 0 Å². The summed E-state index contributed by atoms with van der Waals surface area (Å²) in [4.78, 5) is 12.1. The van der Waals surface area contributed by atoms with Gasteiger partial charge >= 0.3 is 0 Å². The van der Waals surface area contributed by atoms with Gasteiger partial charge in [0.15, 0.2) is 0 Å². The number of halogens is 2. The van der Waals surface area contributed by atoms with E-state index in [0.29, 0.717) is 10.9 Å². The van der Waals surface area contributed by atoms with Gasteiger partial charge in [-0.15, -0.1) is 0 Å². The molecule has 1 aromatic heterocycles. The Labute approximate surface area is 164 Å².